The zero-order chi connectivity index (χ0) is 29.6. The fraction of sp³-hybridized carbons (Fsp3) is 0.345. The Bertz CT molecular complexity index is 1580. The first kappa shape index (κ1) is 29.9. The average molecular weight is 628 g/mol. The van der Waals surface area contributed by atoms with E-state index in [9.17, 15) is 14.4 Å². The van der Waals surface area contributed by atoms with E-state index in [0.717, 1.165) is 42.5 Å². The molecular weight excluding hydrogens is 598 g/mol. The van der Waals surface area contributed by atoms with E-state index in [1.54, 1.807) is 48.7 Å². The molecule has 0 aliphatic heterocycles. The molecule has 1 atom stereocenters. The lowest BCUT2D eigenvalue weighted by Crippen LogP contribution is -2.25. The van der Waals surface area contributed by atoms with Crippen LogP contribution >= 0.6 is 34.7 Å². The van der Waals surface area contributed by atoms with Gasteiger partial charge in [0.2, 0.25) is 5.91 Å². The van der Waals surface area contributed by atoms with Crippen molar-refractivity contribution in [1.29, 1.82) is 0 Å². The van der Waals surface area contributed by atoms with Gasteiger partial charge in [-0.2, -0.15) is 0 Å². The van der Waals surface area contributed by atoms with Crippen LogP contribution in [0.3, 0.4) is 0 Å². The van der Waals surface area contributed by atoms with Gasteiger partial charge in [0.1, 0.15) is 5.00 Å². The van der Waals surface area contributed by atoms with Crippen molar-refractivity contribution < 1.29 is 23.5 Å². The Hall–Kier alpha value is -3.61. The van der Waals surface area contributed by atoms with Crippen LogP contribution < -0.4 is 10.6 Å². The Morgan fingerprint density at radius 2 is 2.00 bits per heavy atom. The zero-order valence-electron chi connectivity index (χ0n) is 23.1. The summed E-state index contributed by atoms with van der Waals surface area (Å²) in [6, 6.07) is 10.3. The van der Waals surface area contributed by atoms with Crippen LogP contribution in [-0.2, 0) is 28.9 Å². The number of ether oxygens (including phenoxy) is 1. The first-order chi connectivity index (χ1) is 20.4. The maximum absolute atomic E-state index is 13.5. The second kappa shape index (κ2) is 13.6. The molecular formula is C29H30ClN5O5S2. The summed E-state index contributed by atoms with van der Waals surface area (Å²) in [4.78, 5) is 40.0. The number of hydrogen-bond acceptors (Lipinski definition) is 9. The number of aryl methyl sites for hydroxylation is 1. The summed E-state index contributed by atoms with van der Waals surface area (Å²) in [5, 5.41) is 15.3. The highest BCUT2D eigenvalue weighted by molar-refractivity contribution is 8.00. The van der Waals surface area contributed by atoms with Gasteiger partial charge in [-0.05, 0) is 75.4 Å². The first-order valence-corrected chi connectivity index (χ1v) is 15.7. The molecule has 2 N–H and O–H groups in total. The number of carbonyl (C=O) groups is 3. The number of anilines is 1. The molecule has 0 radical (unpaired) electrons. The molecule has 1 aliphatic rings. The number of thiophene rings is 1. The average Bonchev–Trinajstić information content (AvgIpc) is 3.68. The van der Waals surface area contributed by atoms with Crippen LogP contribution in [0.5, 0.6) is 0 Å². The molecule has 10 nitrogen and oxygen atoms in total. The third-order valence-corrected chi connectivity index (χ3v) is 9.19. The Kier molecular flexibility index (Phi) is 9.65. The van der Waals surface area contributed by atoms with Crippen molar-refractivity contribution >= 4 is 57.5 Å². The number of halogens is 1. The van der Waals surface area contributed by atoms with Gasteiger partial charge in [-0.25, -0.2) is 4.79 Å². The highest BCUT2D eigenvalue weighted by atomic mass is 35.5. The van der Waals surface area contributed by atoms with E-state index in [0.29, 0.717) is 32.3 Å². The lowest BCUT2D eigenvalue weighted by molar-refractivity contribution is -0.115. The van der Waals surface area contributed by atoms with Gasteiger partial charge in [0.05, 0.1) is 35.9 Å². The number of esters is 1. The number of fused-ring (bicyclic) bond motifs is 1. The quantitative estimate of drug-likeness (QED) is 0.123. The molecule has 42 heavy (non-hydrogen) atoms. The van der Waals surface area contributed by atoms with E-state index in [4.69, 9.17) is 20.8 Å². The summed E-state index contributed by atoms with van der Waals surface area (Å²) in [6.45, 7) is 3.85. The van der Waals surface area contributed by atoms with E-state index in [-0.39, 0.29) is 24.8 Å². The maximum Gasteiger partial charge on any atom is 0.341 e. The number of amides is 2. The van der Waals surface area contributed by atoms with Crippen LogP contribution in [0.15, 0.2) is 52.2 Å². The highest BCUT2D eigenvalue weighted by Crippen LogP contribution is 2.38. The normalized spacial score (nSPS) is 13.6. The van der Waals surface area contributed by atoms with Crippen molar-refractivity contribution in [2.45, 2.75) is 62.9 Å². The fourth-order valence-corrected chi connectivity index (χ4v) is 7.05. The number of carbonyl (C=O) groups excluding carboxylic acids is 3. The smallest absolute Gasteiger partial charge is 0.341 e. The van der Waals surface area contributed by atoms with Crippen molar-refractivity contribution in [2.75, 3.05) is 11.9 Å². The number of nitrogens with zero attached hydrogens (tertiary/aromatic N) is 3. The Balaban J connectivity index is 1.37. The molecule has 220 valence electrons. The Morgan fingerprint density at radius 1 is 1.17 bits per heavy atom. The molecule has 3 aromatic heterocycles. The summed E-state index contributed by atoms with van der Waals surface area (Å²) in [7, 11) is 0. The number of rotatable bonds is 10. The number of nitrogens with one attached hydrogen (secondary N) is 2. The molecule has 0 saturated carbocycles. The molecule has 0 fully saturated rings. The third-order valence-electron chi connectivity index (χ3n) is 6.71. The molecule has 3 heterocycles. The number of furan rings is 1. The van der Waals surface area contributed by atoms with Crippen LogP contribution in [0.2, 0.25) is 5.02 Å². The van der Waals surface area contributed by atoms with Gasteiger partial charge < -0.3 is 19.8 Å². The van der Waals surface area contributed by atoms with E-state index in [1.165, 1.54) is 29.4 Å². The summed E-state index contributed by atoms with van der Waals surface area (Å²) in [5.74, 6) is -0.463. The van der Waals surface area contributed by atoms with E-state index in [2.05, 4.69) is 20.8 Å². The monoisotopic (exact) mass is 627 g/mol. The fourth-order valence-electron chi connectivity index (χ4n) is 4.69. The van der Waals surface area contributed by atoms with Crippen LogP contribution in [0.1, 0.15) is 70.3 Å². The van der Waals surface area contributed by atoms with Gasteiger partial charge in [-0.15, -0.1) is 21.5 Å². The Labute approximate surface area is 256 Å². The van der Waals surface area contributed by atoms with Crippen molar-refractivity contribution in [3.63, 3.8) is 0 Å². The summed E-state index contributed by atoms with van der Waals surface area (Å²) in [5.41, 5.74) is 2.14. The van der Waals surface area contributed by atoms with Crippen molar-refractivity contribution in [2.24, 2.45) is 0 Å². The minimum absolute atomic E-state index is 0.0594. The molecule has 2 amide bonds. The molecule has 4 aromatic rings. The van der Waals surface area contributed by atoms with Gasteiger partial charge in [0, 0.05) is 9.90 Å². The lowest BCUT2D eigenvalue weighted by atomic mass is 10.1. The second-order valence-corrected chi connectivity index (χ2v) is 12.5. The number of hydrogen-bond donors (Lipinski definition) is 2. The Morgan fingerprint density at radius 3 is 2.76 bits per heavy atom. The van der Waals surface area contributed by atoms with Crippen molar-refractivity contribution in [3.8, 4) is 5.69 Å². The predicted molar refractivity (Wildman–Crippen MR) is 162 cm³/mol. The predicted octanol–water partition coefficient (Wildman–Crippen LogP) is 6.07. The van der Waals surface area contributed by atoms with E-state index in [1.807, 2.05) is 6.07 Å². The minimum Gasteiger partial charge on any atom is -0.462 e. The van der Waals surface area contributed by atoms with Crippen LogP contribution in [0.4, 0.5) is 5.00 Å². The third kappa shape index (κ3) is 6.71. The second-order valence-electron chi connectivity index (χ2n) is 9.61. The summed E-state index contributed by atoms with van der Waals surface area (Å²) >= 11 is 8.94. The molecule has 5 rings (SSSR count). The summed E-state index contributed by atoms with van der Waals surface area (Å²) < 4.78 is 12.3. The molecule has 13 heteroatoms. The van der Waals surface area contributed by atoms with Gasteiger partial charge in [-0.1, -0.05) is 35.9 Å². The SMILES string of the molecule is CCOC(=O)c1c(NC(=O)C(C)Sc2nnc(CNC(=O)c3ccco3)n2-c2cccc(Cl)c2)sc2c1CCCCC2. The largest absolute Gasteiger partial charge is 0.462 e. The molecule has 1 aromatic carbocycles. The number of thioether (sulfide) groups is 1. The highest BCUT2D eigenvalue weighted by Gasteiger charge is 2.29. The van der Waals surface area contributed by atoms with Gasteiger partial charge in [0.15, 0.2) is 16.7 Å². The van der Waals surface area contributed by atoms with Gasteiger partial charge in [0.25, 0.3) is 5.91 Å². The molecule has 0 spiro atoms. The van der Waals surface area contributed by atoms with Crippen molar-refractivity contribution in [3.05, 3.63) is 75.3 Å². The van der Waals surface area contributed by atoms with Crippen LogP contribution in [-0.4, -0.2) is 44.4 Å². The van der Waals surface area contributed by atoms with Crippen LogP contribution in [0, 0.1) is 0 Å². The van der Waals surface area contributed by atoms with E-state index < -0.39 is 17.1 Å². The van der Waals surface area contributed by atoms with E-state index >= 15 is 0 Å². The standard InChI is InChI=1S/C29H30ClN5O5S2/c1-3-39-28(38)24-20-11-5-4-6-13-22(20)42-27(24)32-25(36)17(2)41-29-34-33-23(16-31-26(37)21-12-8-14-40-21)35(29)19-10-7-9-18(30)15-19/h7-10,12,14-15,17H,3-6,11,13,16H2,1-2H3,(H,31,37)(H,32,36). The van der Waals surface area contributed by atoms with Gasteiger partial charge in [-0.3, -0.25) is 14.2 Å². The number of benzene rings is 1. The first-order valence-electron chi connectivity index (χ1n) is 13.7. The lowest BCUT2D eigenvalue weighted by Gasteiger charge is -2.14. The van der Waals surface area contributed by atoms with Gasteiger partial charge >= 0.3 is 5.97 Å². The van der Waals surface area contributed by atoms with Crippen LogP contribution in [0.25, 0.3) is 5.69 Å². The number of aromatic nitrogens is 3. The molecule has 0 bridgehead atoms. The topological polar surface area (TPSA) is 128 Å². The molecule has 0 saturated heterocycles. The molecule has 1 aliphatic carbocycles. The molecule has 1 unspecified atom stereocenters. The van der Waals surface area contributed by atoms with Crippen molar-refractivity contribution in [1.82, 2.24) is 20.1 Å². The summed E-state index contributed by atoms with van der Waals surface area (Å²) in [6.07, 6.45) is 6.27. The minimum atomic E-state index is -0.602. The maximum atomic E-state index is 13.5. The zero-order valence-corrected chi connectivity index (χ0v) is 25.5.